The summed E-state index contributed by atoms with van der Waals surface area (Å²) in [7, 11) is 0. The van der Waals surface area contributed by atoms with Crippen molar-refractivity contribution < 1.29 is 44.6 Å². The number of hydrogen-bond acceptors (Lipinski definition) is 4. The average Bonchev–Trinajstić information content (AvgIpc) is 2.42. The Bertz CT molecular complexity index is 674. The van der Waals surface area contributed by atoms with E-state index in [0.717, 1.165) is 11.1 Å². The lowest BCUT2D eigenvalue weighted by atomic mass is 9.99. The monoisotopic (exact) mass is 356 g/mol. The number of benzene rings is 2. The number of carbonyl (C=O) groups is 2. The second-order valence-corrected chi connectivity index (χ2v) is 4.63. The van der Waals surface area contributed by atoms with Gasteiger partial charge in [-0.2, -0.15) is 0 Å². The Kier molecular flexibility index (Phi) is 7.38. The van der Waals surface area contributed by atoms with Gasteiger partial charge in [0.15, 0.2) is 0 Å². The molecule has 0 saturated heterocycles. The summed E-state index contributed by atoms with van der Waals surface area (Å²) in [5.74, 6) is -2.20. The van der Waals surface area contributed by atoms with Gasteiger partial charge in [0.25, 0.3) is 0 Å². The van der Waals surface area contributed by atoms with Crippen molar-refractivity contribution in [3.8, 4) is 0 Å². The van der Waals surface area contributed by atoms with Crippen molar-refractivity contribution in [3.63, 3.8) is 0 Å². The Balaban J connectivity index is 0.00000242. The molecule has 0 heterocycles. The summed E-state index contributed by atoms with van der Waals surface area (Å²) in [5.41, 5.74) is 13.1. The Morgan fingerprint density at radius 2 is 1.13 bits per heavy atom. The van der Waals surface area contributed by atoms with Gasteiger partial charge >= 0.3 is 11.9 Å². The molecule has 0 fully saturated rings. The molecule has 2 rings (SSSR count). The van der Waals surface area contributed by atoms with Gasteiger partial charge in [-0.15, -0.1) is 0 Å². The van der Waals surface area contributed by atoms with Gasteiger partial charge in [-0.25, -0.2) is 9.59 Å². The molecule has 0 aliphatic heterocycles. The maximum atomic E-state index is 11.0. The van der Waals surface area contributed by atoms with Gasteiger partial charge in [0, 0.05) is 11.4 Å². The number of rotatable bonds is 4. The highest BCUT2D eigenvalue weighted by molar-refractivity contribution is 5.94. The average molecular weight is 357 g/mol. The number of nitrogens with two attached hydrogens (primary N) is 2. The third-order valence-electron chi connectivity index (χ3n) is 3.10. The van der Waals surface area contributed by atoms with Crippen molar-refractivity contribution in [1.29, 1.82) is 0 Å². The van der Waals surface area contributed by atoms with Crippen LogP contribution in [0.4, 0.5) is 11.4 Å². The van der Waals surface area contributed by atoms with Crippen LogP contribution in [-0.2, 0) is 6.42 Å². The highest BCUT2D eigenvalue weighted by Gasteiger charge is 2.11. The highest BCUT2D eigenvalue weighted by Crippen LogP contribution is 2.20. The number of anilines is 2. The number of carboxylic acids is 2. The second-order valence-electron chi connectivity index (χ2n) is 4.63. The van der Waals surface area contributed by atoms with E-state index in [-0.39, 0.29) is 47.3 Å². The van der Waals surface area contributed by atoms with Crippen LogP contribution in [0.25, 0.3) is 0 Å². The molecular formula is C15H14Cl2N2O4-2. The van der Waals surface area contributed by atoms with Crippen molar-refractivity contribution in [2.45, 2.75) is 6.42 Å². The highest BCUT2D eigenvalue weighted by atomic mass is 35.5. The fourth-order valence-corrected chi connectivity index (χ4v) is 2.03. The molecule has 8 heteroatoms. The molecule has 0 unspecified atom stereocenters. The summed E-state index contributed by atoms with van der Waals surface area (Å²) in [4.78, 5) is 22.1. The predicted molar refractivity (Wildman–Crippen MR) is 78.4 cm³/mol. The van der Waals surface area contributed by atoms with Crippen LogP contribution < -0.4 is 36.3 Å². The largest absolute Gasteiger partial charge is 1.00 e. The molecule has 0 radical (unpaired) electrons. The van der Waals surface area contributed by atoms with Crippen molar-refractivity contribution in [2.24, 2.45) is 0 Å². The maximum Gasteiger partial charge on any atom is 0.337 e. The topological polar surface area (TPSA) is 127 Å². The minimum atomic E-state index is -1.10. The normalized spacial score (nSPS) is 9.39. The maximum absolute atomic E-state index is 11.0. The first-order valence-electron chi connectivity index (χ1n) is 6.12. The van der Waals surface area contributed by atoms with E-state index in [1.807, 2.05) is 0 Å². The molecule has 0 amide bonds. The summed E-state index contributed by atoms with van der Waals surface area (Å²) in [5, 5.41) is 18.1. The molecular weight excluding hydrogens is 343 g/mol. The third-order valence-corrected chi connectivity index (χ3v) is 3.10. The van der Waals surface area contributed by atoms with E-state index >= 15 is 0 Å². The molecule has 0 aliphatic rings. The van der Waals surface area contributed by atoms with Crippen molar-refractivity contribution >= 4 is 23.3 Å². The fourth-order valence-electron chi connectivity index (χ4n) is 2.03. The van der Waals surface area contributed by atoms with Gasteiger partial charge in [-0.3, -0.25) is 0 Å². The van der Waals surface area contributed by atoms with E-state index in [9.17, 15) is 9.59 Å². The lowest BCUT2D eigenvalue weighted by Crippen LogP contribution is -3.00. The first-order valence-corrected chi connectivity index (χ1v) is 6.12. The Hall–Kier alpha value is -2.44. The van der Waals surface area contributed by atoms with E-state index in [4.69, 9.17) is 21.7 Å². The lowest BCUT2D eigenvalue weighted by Gasteiger charge is -2.08. The predicted octanol–water partition coefficient (Wildman–Crippen LogP) is -4.15. The van der Waals surface area contributed by atoms with Crippen LogP contribution in [0.15, 0.2) is 36.4 Å². The van der Waals surface area contributed by atoms with Crippen LogP contribution in [0.3, 0.4) is 0 Å². The van der Waals surface area contributed by atoms with Crippen molar-refractivity contribution in [3.05, 3.63) is 58.7 Å². The Labute approximate surface area is 144 Å². The van der Waals surface area contributed by atoms with E-state index in [1.165, 1.54) is 24.3 Å². The van der Waals surface area contributed by atoms with E-state index < -0.39 is 11.9 Å². The summed E-state index contributed by atoms with van der Waals surface area (Å²) in [6, 6.07) is 9.42. The van der Waals surface area contributed by atoms with Crippen molar-refractivity contribution in [2.75, 3.05) is 11.5 Å². The van der Waals surface area contributed by atoms with Crippen LogP contribution in [0, 0.1) is 0 Å². The van der Waals surface area contributed by atoms with Crippen molar-refractivity contribution in [1.82, 2.24) is 0 Å². The van der Waals surface area contributed by atoms with Crippen LogP contribution in [0.2, 0.25) is 0 Å². The molecule has 6 N–H and O–H groups in total. The van der Waals surface area contributed by atoms with E-state index in [0.29, 0.717) is 6.42 Å². The molecule has 0 bridgehead atoms. The molecule has 2 aromatic rings. The van der Waals surface area contributed by atoms with Gasteiger partial charge in [0.2, 0.25) is 0 Å². The lowest BCUT2D eigenvalue weighted by molar-refractivity contribution is -0.001000. The van der Waals surface area contributed by atoms with Gasteiger partial charge in [-0.1, -0.05) is 12.1 Å². The van der Waals surface area contributed by atoms with Crippen LogP contribution in [0.1, 0.15) is 31.8 Å². The van der Waals surface area contributed by atoms with E-state index in [2.05, 4.69) is 0 Å². The molecule has 124 valence electrons. The minimum Gasteiger partial charge on any atom is -1.00 e. The molecule has 2 aromatic carbocycles. The summed E-state index contributed by atoms with van der Waals surface area (Å²) in [6.07, 6.45) is 0.390. The van der Waals surface area contributed by atoms with Crippen LogP contribution in [-0.4, -0.2) is 22.2 Å². The zero-order valence-electron chi connectivity index (χ0n) is 11.8. The van der Waals surface area contributed by atoms with E-state index in [1.54, 1.807) is 12.1 Å². The Morgan fingerprint density at radius 1 is 0.783 bits per heavy atom. The van der Waals surface area contributed by atoms with Crippen LogP contribution >= 0.6 is 0 Å². The summed E-state index contributed by atoms with van der Waals surface area (Å²) >= 11 is 0. The fraction of sp³-hybridized carbons (Fsp3) is 0.0667. The zero-order chi connectivity index (χ0) is 15.6. The molecule has 23 heavy (non-hydrogen) atoms. The molecule has 0 aliphatic carbocycles. The number of nitrogen functional groups attached to an aromatic ring is 2. The molecule has 6 nitrogen and oxygen atoms in total. The number of carboxylic acid groups (broad SMARTS) is 2. The molecule has 0 spiro atoms. The van der Waals surface area contributed by atoms with Crippen LogP contribution in [0.5, 0.6) is 0 Å². The zero-order valence-corrected chi connectivity index (χ0v) is 13.3. The molecule has 0 atom stereocenters. The SMILES string of the molecule is Nc1ccc(Cc2ccc(N)c(C(=O)O)c2)cc1C(=O)O.[Cl-].[Cl-]. The number of aromatic carboxylic acids is 2. The molecule has 0 aromatic heterocycles. The first-order chi connectivity index (χ1) is 9.88. The standard InChI is InChI=1S/C15H14N2O4.2ClH/c16-12-3-1-8(6-10(12)14(18)19)5-9-2-4-13(17)11(7-9)15(20)21;;/h1-4,6-7H,5,16-17H2,(H,18,19)(H,20,21);2*1H/p-2. The summed E-state index contributed by atoms with van der Waals surface area (Å²) in [6.45, 7) is 0. The summed E-state index contributed by atoms with van der Waals surface area (Å²) < 4.78 is 0. The minimum absolute atomic E-state index is 0. The second kappa shape index (κ2) is 8.26. The Morgan fingerprint density at radius 3 is 1.43 bits per heavy atom. The quantitative estimate of drug-likeness (QED) is 0.412. The number of halogens is 2. The third kappa shape index (κ3) is 4.77. The number of hydrogen-bond donors (Lipinski definition) is 4. The van der Waals surface area contributed by atoms with Gasteiger partial charge in [0.05, 0.1) is 11.1 Å². The van der Waals surface area contributed by atoms with Gasteiger partial charge in [-0.05, 0) is 41.8 Å². The smallest absolute Gasteiger partial charge is 0.337 e. The first kappa shape index (κ1) is 20.6. The molecule has 0 saturated carbocycles. The van der Waals surface area contributed by atoms with Gasteiger partial charge < -0.3 is 46.5 Å². The van der Waals surface area contributed by atoms with Gasteiger partial charge in [0.1, 0.15) is 0 Å².